The summed E-state index contributed by atoms with van der Waals surface area (Å²) in [6, 6.07) is 13.3. The third-order valence-corrected chi connectivity index (χ3v) is 6.26. The topological polar surface area (TPSA) is 97.7 Å². The van der Waals surface area contributed by atoms with Crippen molar-refractivity contribution in [2.45, 2.75) is 34.6 Å². The molecule has 1 fully saturated rings. The molecule has 3 aromatic rings. The molecule has 0 unspecified atom stereocenters. The fourth-order valence-corrected chi connectivity index (χ4v) is 4.20. The predicted molar refractivity (Wildman–Crippen MR) is 136 cm³/mol. The molecule has 0 aliphatic carbocycles. The van der Waals surface area contributed by atoms with Gasteiger partial charge < -0.3 is 9.30 Å². The highest BCUT2D eigenvalue weighted by Gasteiger charge is 2.37. The molecule has 184 valence electrons. The lowest BCUT2D eigenvalue weighted by molar-refractivity contribution is -0.122. The molecule has 2 heterocycles. The number of esters is 1. The highest BCUT2D eigenvalue weighted by Crippen LogP contribution is 2.27. The van der Waals surface area contributed by atoms with Crippen molar-refractivity contribution in [2.75, 3.05) is 11.5 Å². The molecule has 4 amide bonds. The number of nitrogens with zero attached hydrogens (tertiary/aromatic N) is 2. The van der Waals surface area contributed by atoms with Crippen molar-refractivity contribution < 1.29 is 23.9 Å². The molecule has 8 heteroatoms. The van der Waals surface area contributed by atoms with Gasteiger partial charge in [-0.2, -0.15) is 0 Å². The van der Waals surface area contributed by atoms with Gasteiger partial charge in [0.15, 0.2) is 0 Å². The molecule has 1 N–H and O–H groups in total. The number of anilines is 1. The summed E-state index contributed by atoms with van der Waals surface area (Å²) in [5, 5.41) is 2.27. The van der Waals surface area contributed by atoms with Crippen LogP contribution in [0.2, 0.25) is 0 Å². The van der Waals surface area contributed by atoms with Crippen molar-refractivity contribution in [2.24, 2.45) is 0 Å². The highest BCUT2D eigenvalue weighted by atomic mass is 16.5. The van der Waals surface area contributed by atoms with E-state index in [-0.39, 0.29) is 11.5 Å². The number of aryl methyl sites for hydroxylation is 3. The highest BCUT2D eigenvalue weighted by molar-refractivity contribution is 6.39. The van der Waals surface area contributed by atoms with Crippen molar-refractivity contribution in [3.8, 4) is 5.69 Å². The fraction of sp³-hybridized carbons (Fsp3) is 0.214. The van der Waals surface area contributed by atoms with Crippen LogP contribution in [-0.2, 0) is 14.3 Å². The summed E-state index contributed by atoms with van der Waals surface area (Å²) in [4.78, 5) is 51.4. The number of barbiturate groups is 1. The first kappa shape index (κ1) is 24.7. The number of hydrogen-bond donors (Lipinski definition) is 1. The lowest BCUT2D eigenvalue weighted by atomic mass is 10.1. The molecule has 0 spiro atoms. The van der Waals surface area contributed by atoms with E-state index in [2.05, 4.69) is 5.32 Å². The number of imide groups is 2. The van der Waals surface area contributed by atoms with E-state index >= 15 is 0 Å². The zero-order valence-corrected chi connectivity index (χ0v) is 20.8. The molecule has 4 rings (SSSR count). The Labute approximate surface area is 209 Å². The first-order chi connectivity index (χ1) is 17.1. The number of rotatable bonds is 5. The molecule has 8 nitrogen and oxygen atoms in total. The van der Waals surface area contributed by atoms with E-state index in [9.17, 15) is 19.2 Å². The van der Waals surface area contributed by atoms with E-state index in [0.717, 1.165) is 33.1 Å². The Kier molecular flexibility index (Phi) is 6.61. The number of urea groups is 1. The Hall–Kier alpha value is -4.46. The standard InChI is InChI=1S/C28H27N3O5/c1-6-36-27(34)20-8-11-22(12-9-20)30-18(4)14-21(19(30)5)15-24-25(32)29-28(35)31(26(24)33)23-10-7-16(2)17(3)13-23/h7-15H,6H2,1-5H3,(H,29,32,35)/b24-15+. The lowest BCUT2D eigenvalue weighted by Crippen LogP contribution is -2.54. The normalized spacial score (nSPS) is 14.9. The summed E-state index contributed by atoms with van der Waals surface area (Å²) >= 11 is 0. The third-order valence-electron chi connectivity index (χ3n) is 6.26. The number of aromatic nitrogens is 1. The number of hydrogen-bond acceptors (Lipinski definition) is 5. The molecular weight excluding hydrogens is 458 g/mol. The second kappa shape index (κ2) is 9.65. The molecule has 1 saturated heterocycles. The summed E-state index contributed by atoms with van der Waals surface area (Å²) in [7, 11) is 0. The van der Waals surface area contributed by atoms with Gasteiger partial charge in [-0.1, -0.05) is 6.07 Å². The average Bonchev–Trinajstić information content (AvgIpc) is 3.11. The maximum absolute atomic E-state index is 13.3. The quantitative estimate of drug-likeness (QED) is 0.325. The van der Waals surface area contributed by atoms with E-state index in [4.69, 9.17) is 4.74 Å². The molecule has 1 aliphatic heterocycles. The summed E-state index contributed by atoms with van der Waals surface area (Å²) < 4.78 is 7.00. The van der Waals surface area contributed by atoms with Crippen LogP contribution in [0.25, 0.3) is 11.8 Å². The third kappa shape index (κ3) is 4.45. The van der Waals surface area contributed by atoms with Gasteiger partial charge in [-0.25, -0.2) is 14.5 Å². The number of amides is 4. The first-order valence-corrected chi connectivity index (χ1v) is 11.6. The number of benzene rings is 2. The second-order valence-electron chi connectivity index (χ2n) is 8.66. The van der Waals surface area contributed by atoms with Crippen LogP contribution in [0.3, 0.4) is 0 Å². The molecule has 0 bridgehead atoms. The van der Waals surface area contributed by atoms with Crippen molar-refractivity contribution in [3.63, 3.8) is 0 Å². The zero-order chi connectivity index (χ0) is 26.1. The molecular formula is C28H27N3O5. The molecule has 1 aliphatic rings. The Morgan fingerprint density at radius 3 is 2.22 bits per heavy atom. The van der Waals surface area contributed by atoms with E-state index in [1.54, 1.807) is 31.2 Å². The summed E-state index contributed by atoms with van der Waals surface area (Å²) in [6.45, 7) is 9.65. The van der Waals surface area contributed by atoms with Gasteiger partial charge in [0.2, 0.25) is 0 Å². The predicted octanol–water partition coefficient (Wildman–Crippen LogP) is 4.55. The van der Waals surface area contributed by atoms with Crippen LogP contribution in [0.5, 0.6) is 0 Å². The Morgan fingerprint density at radius 2 is 1.58 bits per heavy atom. The van der Waals surface area contributed by atoms with Gasteiger partial charge in [-0.3, -0.25) is 14.9 Å². The van der Waals surface area contributed by atoms with E-state index in [1.165, 1.54) is 6.08 Å². The van der Waals surface area contributed by atoms with Gasteiger partial charge in [0.05, 0.1) is 17.9 Å². The molecule has 0 saturated carbocycles. The minimum Gasteiger partial charge on any atom is -0.462 e. The number of carbonyl (C=O) groups excluding carboxylic acids is 4. The van der Waals surface area contributed by atoms with Crippen molar-refractivity contribution in [1.29, 1.82) is 0 Å². The van der Waals surface area contributed by atoms with Crippen molar-refractivity contribution in [1.82, 2.24) is 9.88 Å². The van der Waals surface area contributed by atoms with Gasteiger partial charge in [-0.15, -0.1) is 0 Å². The maximum atomic E-state index is 13.3. The summed E-state index contributed by atoms with van der Waals surface area (Å²) in [5.74, 6) is -1.82. The molecule has 2 aromatic carbocycles. The van der Waals surface area contributed by atoms with Crippen LogP contribution >= 0.6 is 0 Å². The largest absolute Gasteiger partial charge is 0.462 e. The van der Waals surface area contributed by atoms with Crippen LogP contribution in [0.15, 0.2) is 54.1 Å². The Balaban J connectivity index is 1.70. The van der Waals surface area contributed by atoms with E-state index in [0.29, 0.717) is 23.4 Å². The Bertz CT molecular complexity index is 1430. The minimum atomic E-state index is -0.780. The number of ether oxygens (including phenoxy) is 1. The van der Waals surface area contributed by atoms with Crippen LogP contribution in [0.1, 0.15) is 45.4 Å². The van der Waals surface area contributed by atoms with Gasteiger partial charge in [0.1, 0.15) is 5.57 Å². The van der Waals surface area contributed by atoms with Crippen LogP contribution in [-0.4, -0.2) is 35.0 Å². The van der Waals surface area contributed by atoms with E-state index in [1.807, 2.05) is 56.5 Å². The number of carbonyl (C=O) groups is 4. The molecule has 1 aromatic heterocycles. The Morgan fingerprint density at radius 1 is 0.917 bits per heavy atom. The fourth-order valence-electron chi connectivity index (χ4n) is 4.20. The molecule has 36 heavy (non-hydrogen) atoms. The van der Waals surface area contributed by atoms with Gasteiger partial charge >= 0.3 is 12.0 Å². The second-order valence-corrected chi connectivity index (χ2v) is 8.66. The van der Waals surface area contributed by atoms with Gasteiger partial charge in [-0.05, 0) is 99.8 Å². The first-order valence-electron chi connectivity index (χ1n) is 11.6. The SMILES string of the molecule is CCOC(=O)c1ccc(-n2c(C)cc(/C=C3\C(=O)NC(=O)N(c4ccc(C)c(C)c4)C3=O)c2C)cc1. The summed E-state index contributed by atoms with van der Waals surface area (Å²) in [5.41, 5.74) is 5.80. The van der Waals surface area contributed by atoms with E-state index < -0.39 is 17.8 Å². The zero-order valence-electron chi connectivity index (χ0n) is 20.8. The average molecular weight is 486 g/mol. The monoisotopic (exact) mass is 485 g/mol. The molecule has 0 radical (unpaired) electrons. The maximum Gasteiger partial charge on any atom is 0.338 e. The number of nitrogens with one attached hydrogen (secondary N) is 1. The summed E-state index contributed by atoms with van der Waals surface area (Å²) in [6.07, 6.45) is 1.50. The van der Waals surface area contributed by atoms with Crippen molar-refractivity contribution >= 4 is 35.6 Å². The minimum absolute atomic E-state index is 0.134. The smallest absolute Gasteiger partial charge is 0.338 e. The molecule has 0 atom stereocenters. The van der Waals surface area contributed by atoms with Gasteiger partial charge in [0.25, 0.3) is 11.8 Å². The van der Waals surface area contributed by atoms with Crippen LogP contribution < -0.4 is 10.2 Å². The van der Waals surface area contributed by atoms with Crippen molar-refractivity contribution in [3.05, 3.63) is 87.7 Å². The van der Waals surface area contributed by atoms with Crippen LogP contribution in [0, 0.1) is 27.7 Å². The lowest BCUT2D eigenvalue weighted by Gasteiger charge is -2.26. The van der Waals surface area contributed by atoms with Gasteiger partial charge in [0, 0.05) is 17.1 Å². The van der Waals surface area contributed by atoms with Crippen LogP contribution in [0.4, 0.5) is 10.5 Å².